The van der Waals surface area contributed by atoms with Crippen molar-refractivity contribution in [1.29, 1.82) is 0 Å². The molecule has 1 unspecified atom stereocenters. The quantitative estimate of drug-likeness (QED) is 0.570. The van der Waals surface area contributed by atoms with Crippen molar-refractivity contribution in [3.63, 3.8) is 0 Å². The molecule has 1 saturated heterocycles. The van der Waals surface area contributed by atoms with Crippen molar-refractivity contribution in [2.75, 3.05) is 38.2 Å². The van der Waals surface area contributed by atoms with Gasteiger partial charge >= 0.3 is 0 Å². The van der Waals surface area contributed by atoms with Gasteiger partial charge in [0, 0.05) is 50.7 Å². The molecular weight excluding hydrogens is 372 g/mol. The summed E-state index contributed by atoms with van der Waals surface area (Å²) in [6, 6.07) is 4.17. The molecule has 0 amide bonds. The minimum absolute atomic E-state index is 0.241. The zero-order valence-electron chi connectivity index (χ0n) is 17.2. The molecule has 1 atom stereocenters. The molecular formula is C20H30N6OS. The van der Waals surface area contributed by atoms with Gasteiger partial charge in [0.1, 0.15) is 5.82 Å². The fourth-order valence-corrected chi connectivity index (χ4v) is 4.04. The number of nitrogens with zero attached hydrogens (tertiary/aromatic N) is 4. The molecule has 0 spiro atoms. The van der Waals surface area contributed by atoms with E-state index in [0.29, 0.717) is 6.54 Å². The molecule has 2 N–H and O–H groups in total. The van der Waals surface area contributed by atoms with E-state index in [2.05, 4.69) is 57.3 Å². The number of guanidine groups is 1. The summed E-state index contributed by atoms with van der Waals surface area (Å²) in [5, 5.41) is 7.91. The fraction of sp³-hybridized carbons (Fsp3) is 0.550. The highest BCUT2D eigenvalue weighted by Gasteiger charge is 2.18. The molecule has 3 rings (SSSR count). The van der Waals surface area contributed by atoms with Gasteiger partial charge in [0.05, 0.1) is 23.4 Å². The maximum Gasteiger partial charge on any atom is 0.191 e. The van der Waals surface area contributed by atoms with Gasteiger partial charge in [0.25, 0.3) is 0 Å². The Morgan fingerprint density at radius 2 is 2.25 bits per heavy atom. The predicted octanol–water partition coefficient (Wildman–Crippen LogP) is 2.29. The summed E-state index contributed by atoms with van der Waals surface area (Å²) in [5.74, 6) is 1.80. The highest BCUT2D eigenvalue weighted by Crippen LogP contribution is 2.17. The van der Waals surface area contributed by atoms with Crippen molar-refractivity contribution in [1.82, 2.24) is 20.6 Å². The number of aromatic nitrogens is 2. The number of thiazole rings is 1. The van der Waals surface area contributed by atoms with E-state index in [9.17, 15) is 0 Å². The van der Waals surface area contributed by atoms with Gasteiger partial charge in [-0.05, 0) is 38.5 Å². The summed E-state index contributed by atoms with van der Waals surface area (Å²) in [5.41, 5.74) is 2.31. The average molecular weight is 403 g/mol. The minimum Gasteiger partial charge on any atom is -0.375 e. The smallest absolute Gasteiger partial charge is 0.191 e. The van der Waals surface area contributed by atoms with Crippen LogP contribution >= 0.6 is 11.3 Å². The van der Waals surface area contributed by atoms with Crippen molar-refractivity contribution in [2.24, 2.45) is 4.99 Å². The lowest BCUT2D eigenvalue weighted by Gasteiger charge is -2.32. The van der Waals surface area contributed by atoms with Gasteiger partial charge in [0.2, 0.25) is 0 Å². The van der Waals surface area contributed by atoms with Crippen LogP contribution in [-0.4, -0.2) is 55.3 Å². The van der Waals surface area contributed by atoms with Gasteiger partial charge in [-0.25, -0.2) is 9.97 Å². The molecule has 0 saturated carbocycles. The average Bonchev–Trinajstić information content (AvgIpc) is 3.02. The lowest BCUT2D eigenvalue weighted by Crippen LogP contribution is -2.41. The van der Waals surface area contributed by atoms with Gasteiger partial charge in [-0.2, -0.15) is 0 Å². The van der Waals surface area contributed by atoms with Crippen LogP contribution in [0, 0.1) is 13.8 Å². The van der Waals surface area contributed by atoms with Crippen LogP contribution in [0.2, 0.25) is 0 Å². The normalized spacial score (nSPS) is 17.6. The van der Waals surface area contributed by atoms with Crippen LogP contribution in [-0.2, 0) is 17.7 Å². The molecule has 3 heterocycles. The number of hydrogen-bond donors (Lipinski definition) is 2. The first-order valence-corrected chi connectivity index (χ1v) is 10.6. The molecule has 28 heavy (non-hydrogen) atoms. The summed E-state index contributed by atoms with van der Waals surface area (Å²) in [4.78, 5) is 17.0. The Hall–Kier alpha value is -2.19. The van der Waals surface area contributed by atoms with Crippen LogP contribution in [0.5, 0.6) is 0 Å². The van der Waals surface area contributed by atoms with E-state index in [-0.39, 0.29) is 6.10 Å². The van der Waals surface area contributed by atoms with Gasteiger partial charge in [-0.1, -0.05) is 0 Å². The van der Waals surface area contributed by atoms with Crippen LogP contribution in [0.4, 0.5) is 5.82 Å². The standard InChI is InChI=1S/C20H30N6OS/c1-14-13-26(9-10-27-14)18-11-17(5-7-22-18)12-24-20(21-4)23-8-6-19-25-15(2)16(3)28-19/h5,7,11,14H,6,8-10,12-13H2,1-4H3,(H2,21,23,24). The Morgan fingerprint density at radius 1 is 1.39 bits per heavy atom. The van der Waals surface area contributed by atoms with E-state index in [1.54, 1.807) is 18.4 Å². The molecule has 2 aromatic heterocycles. The highest BCUT2D eigenvalue weighted by molar-refractivity contribution is 7.11. The largest absolute Gasteiger partial charge is 0.375 e. The van der Waals surface area contributed by atoms with Gasteiger partial charge < -0.3 is 20.3 Å². The maximum absolute atomic E-state index is 5.62. The number of nitrogens with one attached hydrogen (secondary N) is 2. The van der Waals surface area contributed by atoms with Crippen LogP contribution in [0.3, 0.4) is 0 Å². The van der Waals surface area contributed by atoms with E-state index in [1.807, 2.05) is 12.3 Å². The Labute approximate surface area is 171 Å². The lowest BCUT2D eigenvalue weighted by molar-refractivity contribution is 0.0529. The topological polar surface area (TPSA) is 74.7 Å². The molecule has 0 radical (unpaired) electrons. The number of hydrogen-bond acceptors (Lipinski definition) is 6. The molecule has 0 aromatic carbocycles. The van der Waals surface area contributed by atoms with E-state index in [0.717, 1.165) is 55.1 Å². The number of pyridine rings is 1. The summed E-state index contributed by atoms with van der Waals surface area (Å²) < 4.78 is 5.62. The molecule has 0 aliphatic carbocycles. The van der Waals surface area contributed by atoms with Gasteiger partial charge in [-0.3, -0.25) is 4.99 Å². The monoisotopic (exact) mass is 402 g/mol. The number of ether oxygens (including phenoxy) is 1. The number of aliphatic imine (C=N–C) groups is 1. The molecule has 2 aromatic rings. The fourth-order valence-electron chi connectivity index (χ4n) is 3.11. The third-order valence-electron chi connectivity index (χ3n) is 4.76. The third-order valence-corrected chi connectivity index (χ3v) is 5.90. The van der Waals surface area contributed by atoms with Crippen molar-refractivity contribution in [3.8, 4) is 0 Å². The zero-order chi connectivity index (χ0) is 19.9. The van der Waals surface area contributed by atoms with Crippen LogP contribution in [0.25, 0.3) is 0 Å². The van der Waals surface area contributed by atoms with Crippen molar-refractivity contribution in [2.45, 2.75) is 39.8 Å². The van der Waals surface area contributed by atoms with Gasteiger partial charge in [0.15, 0.2) is 5.96 Å². The molecule has 1 fully saturated rings. The summed E-state index contributed by atoms with van der Waals surface area (Å²) in [7, 11) is 1.79. The summed E-state index contributed by atoms with van der Waals surface area (Å²) in [6.45, 7) is 10.3. The summed E-state index contributed by atoms with van der Waals surface area (Å²) in [6.07, 6.45) is 3.01. The minimum atomic E-state index is 0.241. The highest BCUT2D eigenvalue weighted by atomic mass is 32.1. The van der Waals surface area contributed by atoms with E-state index in [1.165, 1.54) is 10.4 Å². The second-order valence-electron chi connectivity index (χ2n) is 7.00. The van der Waals surface area contributed by atoms with Crippen LogP contribution in [0.15, 0.2) is 23.3 Å². The van der Waals surface area contributed by atoms with Gasteiger partial charge in [-0.15, -0.1) is 11.3 Å². The lowest BCUT2D eigenvalue weighted by atomic mass is 10.2. The van der Waals surface area contributed by atoms with E-state index in [4.69, 9.17) is 4.74 Å². The molecule has 8 heteroatoms. The number of rotatable bonds is 6. The molecule has 0 bridgehead atoms. The zero-order valence-corrected chi connectivity index (χ0v) is 18.0. The van der Waals surface area contributed by atoms with Crippen LogP contribution in [0.1, 0.15) is 28.1 Å². The Bertz CT molecular complexity index is 786. The first kappa shape index (κ1) is 20.5. The van der Waals surface area contributed by atoms with Crippen LogP contribution < -0.4 is 15.5 Å². The summed E-state index contributed by atoms with van der Waals surface area (Å²) >= 11 is 1.77. The molecule has 7 nitrogen and oxygen atoms in total. The predicted molar refractivity (Wildman–Crippen MR) is 115 cm³/mol. The molecule has 1 aliphatic rings. The number of morpholine rings is 1. The second-order valence-corrected chi connectivity index (χ2v) is 8.29. The maximum atomic E-state index is 5.62. The Morgan fingerprint density at radius 3 is 2.96 bits per heavy atom. The van der Waals surface area contributed by atoms with Crippen molar-refractivity contribution >= 4 is 23.1 Å². The third kappa shape index (κ3) is 5.65. The second kappa shape index (κ2) is 9.84. The SMILES string of the molecule is CN=C(NCCc1nc(C)c(C)s1)NCc1ccnc(N2CCOC(C)C2)c1. The Balaban J connectivity index is 1.48. The number of aryl methyl sites for hydroxylation is 2. The van der Waals surface area contributed by atoms with E-state index >= 15 is 0 Å². The van der Waals surface area contributed by atoms with E-state index < -0.39 is 0 Å². The Kier molecular flexibility index (Phi) is 7.22. The first-order chi connectivity index (χ1) is 13.5. The molecule has 152 valence electrons. The van der Waals surface area contributed by atoms with Crippen molar-refractivity contribution < 1.29 is 4.74 Å². The van der Waals surface area contributed by atoms with Crippen molar-refractivity contribution in [3.05, 3.63) is 39.5 Å². The molecule has 1 aliphatic heterocycles. The first-order valence-electron chi connectivity index (χ1n) is 9.74. The number of anilines is 1.